The van der Waals surface area contributed by atoms with Gasteiger partial charge in [0.1, 0.15) is 19.1 Å². The molecule has 0 amide bonds. The zero-order valence-corrected chi connectivity index (χ0v) is 11.3. The summed E-state index contributed by atoms with van der Waals surface area (Å²) in [6.45, 7) is 1.36. The highest BCUT2D eigenvalue weighted by Crippen LogP contribution is 2.11. The second-order valence-electron chi connectivity index (χ2n) is 4.40. The van der Waals surface area contributed by atoms with E-state index in [1.807, 2.05) is 30.3 Å². The molecule has 1 heterocycles. The van der Waals surface area contributed by atoms with Crippen molar-refractivity contribution in [1.82, 2.24) is 20.2 Å². The molecule has 0 aliphatic carbocycles. The van der Waals surface area contributed by atoms with Crippen LogP contribution in [0.2, 0.25) is 0 Å². The highest BCUT2D eigenvalue weighted by atomic mass is 16.5. The van der Waals surface area contributed by atoms with E-state index >= 15 is 0 Å². The minimum Gasteiger partial charge on any atom is -0.481 e. The van der Waals surface area contributed by atoms with Crippen LogP contribution in [0.15, 0.2) is 30.3 Å². The first-order valence-electron chi connectivity index (χ1n) is 6.26. The van der Waals surface area contributed by atoms with E-state index in [0.717, 1.165) is 10.2 Å². The van der Waals surface area contributed by atoms with Crippen molar-refractivity contribution in [3.8, 4) is 0 Å². The van der Waals surface area contributed by atoms with Gasteiger partial charge in [-0.05, 0) is 22.9 Å². The molecular formula is C13H14N4O4. The van der Waals surface area contributed by atoms with Crippen molar-refractivity contribution in [1.29, 1.82) is 0 Å². The molecule has 1 aromatic heterocycles. The Morgan fingerprint density at radius 2 is 2.05 bits per heavy atom. The lowest BCUT2D eigenvalue weighted by Gasteiger charge is -2.08. The van der Waals surface area contributed by atoms with Gasteiger partial charge in [-0.2, -0.15) is 0 Å². The molecule has 2 aromatic rings. The van der Waals surface area contributed by atoms with E-state index in [1.54, 1.807) is 0 Å². The largest absolute Gasteiger partial charge is 0.481 e. The predicted octanol–water partition coefficient (Wildman–Crippen LogP) is 0.605. The molecule has 1 atom stereocenters. The molecule has 0 saturated carbocycles. The monoisotopic (exact) mass is 290 g/mol. The van der Waals surface area contributed by atoms with Crippen molar-refractivity contribution in [3.05, 3.63) is 41.7 Å². The molecule has 2 rings (SSSR count). The fourth-order valence-electron chi connectivity index (χ4n) is 1.65. The van der Waals surface area contributed by atoms with Crippen molar-refractivity contribution >= 4 is 11.9 Å². The smallest absolute Gasteiger partial charge is 0.328 e. The Hall–Kier alpha value is -2.77. The number of ether oxygens (including phenoxy) is 1. The lowest BCUT2D eigenvalue weighted by atomic mass is 10.2. The fourth-order valence-corrected chi connectivity index (χ4v) is 1.65. The number of nitrogens with zero attached hydrogens (tertiary/aromatic N) is 4. The first-order valence-corrected chi connectivity index (χ1v) is 6.26. The highest BCUT2D eigenvalue weighted by Gasteiger charge is 2.22. The molecule has 1 N–H and O–H groups in total. The normalized spacial score (nSPS) is 11.9. The van der Waals surface area contributed by atoms with Crippen molar-refractivity contribution < 1.29 is 19.4 Å². The number of hydrogen-bond donors (Lipinski definition) is 1. The quantitative estimate of drug-likeness (QED) is 0.776. The summed E-state index contributed by atoms with van der Waals surface area (Å²) in [4.78, 5) is 22.7. The summed E-state index contributed by atoms with van der Waals surface area (Å²) in [5.41, 5.74) is 0.863. The summed E-state index contributed by atoms with van der Waals surface area (Å²) < 4.78 is 6.22. The summed E-state index contributed by atoms with van der Waals surface area (Å²) in [5.74, 6) is -2.39. The Balaban J connectivity index is 1.94. The van der Waals surface area contributed by atoms with Crippen LogP contribution in [0, 0.1) is 0 Å². The maximum atomic E-state index is 11.7. The lowest BCUT2D eigenvalue weighted by molar-refractivity contribution is -0.146. The van der Waals surface area contributed by atoms with Crippen molar-refractivity contribution in [2.45, 2.75) is 26.0 Å². The van der Waals surface area contributed by atoms with Gasteiger partial charge in [0.25, 0.3) is 0 Å². The van der Waals surface area contributed by atoms with Gasteiger partial charge in [0.2, 0.25) is 0 Å². The van der Waals surface area contributed by atoms with E-state index in [2.05, 4.69) is 15.5 Å². The molecule has 0 spiro atoms. The van der Waals surface area contributed by atoms with E-state index in [4.69, 9.17) is 9.84 Å². The zero-order valence-electron chi connectivity index (χ0n) is 11.3. The van der Waals surface area contributed by atoms with Crippen LogP contribution in [0.3, 0.4) is 0 Å². The number of carboxylic acids is 1. The highest BCUT2D eigenvalue weighted by molar-refractivity contribution is 5.74. The van der Waals surface area contributed by atoms with E-state index < -0.39 is 17.9 Å². The summed E-state index contributed by atoms with van der Waals surface area (Å²) in [6.07, 6.45) is 0. The van der Waals surface area contributed by atoms with Crippen LogP contribution >= 0.6 is 0 Å². The number of benzene rings is 1. The van der Waals surface area contributed by atoms with E-state index in [-0.39, 0.29) is 19.0 Å². The van der Waals surface area contributed by atoms with Gasteiger partial charge in [-0.1, -0.05) is 30.3 Å². The minimum atomic E-state index is -1.07. The SMILES string of the molecule is CC(C(=O)O)c1nnnn1CC(=O)OCc1ccccc1. The van der Waals surface area contributed by atoms with Gasteiger partial charge in [-0.3, -0.25) is 9.59 Å². The maximum Gasteiger partial charge on any atom is 0.328 e. The van der Waals surface area contributed by atoms with E-state index in [0.29, 0.717) is 0 Å². The maximum absolute atomic E-state index is 11.7. The summed E-state index contributed by atoms with van der Waals surface area (Å²) in [5, 5.41) is 19.6. The van der Waals surface area contributed by atoms with Gasteiger partial charge in [-0.15, -0.1) is 5.10 Å². The molecule has 21 heavy (non-hydrogen) atoms. The van der Waals surface area contributed by atoms with Gasteiger partial charge in [0, 0.05) is 0 Å². The number of carbonyl (C=O) groups excluding carboxylic acids is 1. The summed E-state index contributed by atoms with van der Waals surface area (Å²) in [7, 11) is 0. The second kappa shape index (κ2) is 6.60. The molecule has 110 valence electrons. The van der Waals surface area contributed by atoms with Crippen molar-refractivity contribution in [3.63, 3.8) is 0 Å². The van der Waals surface area contributed by atoms with Crippen molar-refractivity contribution in [2.75, 3.05) is 0 Å². The average molecular weight is 290 g/mol. The Bertz CT molecular complexity index is 626. The van der Waals surface area contributed by atoms with Gasteiger partial charge >= 0.3 is 11.9 Å². The number of aliphatic carboxylic acids is 1. The van der Waals surface area contributed by atoms with Crippen molar-refractivity contribution in [2.24, 2.45) is 0 Å². The molecule has 8 nitrogen and oxygen atoms in total. The molecule has 1 unspecified atom stereocenters. The van der Waals surface area contributed by atoms with Gasteiger partial charge < -0.3 is 9.84 Å². The molecule has 0 aliphatic heterocycles. The Labute approximate surface area is 120 Å². The predicted molar refractivity (Wildman–Crippen MR) is 70.1 cm³/mol. The van der Waals surface area contributed by atoms with Crippen LogP contribution < -0.4 is 0 Å². The van der Waals surface area contributed by atoms with Crippen LogP contribution in [0.1, 0.15) is 24.2 Å². The Morgan fingerprint density at radius 3 is 2.71 bits per heavy atom. The fraction of sp³-hybridized carbons (Fsp3) is 0.308. The van der Waals surface area contributed by atoms with Gasteiger partial charge in [0.15, 0.2) is 5.82 Å². The first kappa shape index (κ1) is 14.6. The number of carbonyl (C=O) groups is 2. The minimum absolute atomic E-state index is 0.110. The standard InChI is InChI=1S/C13H14N4O4/c1-9(13(19)20)12-14-15-16-17(12)7-11(18)21-8-10-5-3-2-4-6-10/h2-6,9H,7-8H2,1H3,(H,19,20). The van der Waals surface area contributed by atoms with Crippen LogP contribution in [0.4, 0.5) is 0 Å². The van der Waals surface area contributed by atoms with Crippen LogP contribution in [0.25, 0.3) is 0 Å². The summed E-state index contributed by atoms with van der Waals surface area (Å²) >= 11 is 0. The van der Waals surface area contributed by atoms with E-state index in [1.165, 1.54) is 6.92 Å². The van der Waals surface area contributed by atoms with Crippen LogP contribution in [-0.2, 0) is 27.5 Å². The number of tetrazole rings is 1. The third kappa shape index (κ3) is 3.85. The average Bonchev–Trinajstić information content (AvgIpc) is 2.93. The lowest BCUT2D eigenvalue weighted by Crippen LogP contribution is -2.20. The molecule has 0 saturated heterocycles. The molecular weight excluding hydrogens is 276 g/mol. The number of carboxylic acid groups (broad SMARTS) is 1. The first-order chi connectivity index (χ1) is 10.1. The Kier molecular flexibility index (Phi) is 4.60. The zero-order chi connectivity index (χ0) is 15.2. The molecule has 0 aliphatic rings. The topological polar surface area (TPSA) is 107 Å². The second-order valence-corrected chi connectivity index (χ2v) is 4.40. The third-order valence-corrected chi connectivity index (χ3v) is 2.84. The Morgan fingerprint density at radius 1 is 1.33 bits per heavy atom. The number of hydrogen-bond acceptors (Lipinski definition) is 6. The summed E-state index contributed by atoms with van der Waals surface area (Å²) in [6, 6.07) is 9.23. The van der Waals surface area contributed by atoms with E-state index in [9.17, 15) is 9.59 Å². The van der Waals surface area contributed by atoms with Gasteiger partial charge in [-0.25, -0.2) is 4.68 Å². The molecule has 0 radical (unpaired) electrons. The molecule has 1 aromatic carbocycles. The number of aromatic nitrogens is 4. The third-order valence-electron chi connectivity index (χ3n) is 2.84. The van der Waals surface area contributed by atoms with Crippen LogP contribution in [0.5, 0.6) is 0 Å². The number of esters is 1. The molecule has 0 fully saturated rings. The van der Waals surface area contributed by atoms with Crippen LogP contribution in [-0.4, -0.2) is 37.3 Å². The molecule has 0 bridgehead atoms. The van der Waals surface area contributed by atoms with Gasteiger partial charge in [0.05, 0.1) is 0 Å². The molecule has 8 heteroatoms. The number of rotatable bonds is 6.